The van der Waals surface area contributed by atoms with Gasteiger partial charge in [0.25, 0.3) is 5.91 Å². The van der Waals surface area contributed by atoms with E-state index >= 15 is 0 Å². The summed E-state index contributed by atoms with van der Waals surface area (Å²) in [6.07, 6.45) is 3.49. The molecule has 2 aromatic carbocycles. The molecular formula is C20H24N5O3+. The number of hydrogen-bond acceptors (Lipinski definition) is 4. The predicted molar refractivity (Wildman–Crippen MR) is 105 cm³/mol. The Morgan fingerprint density at radius 1 is 1.25 bits per heavy atom. The lowest BCUT2D eigenvalue weighted by Crippen LogP contribution is -2.69. The Labute approximate surface area is 162 Å². The normalized spacial score (nSPS) is 13.1. The highest BCUT2D eigenvalue weighted by Crippen LogP contribution is 2.23. The number of amides is 2. The number of aromatic amines is 1. The van der Waals surface area contributed by atoms with Gasteiger partial charge in [0.1, 0.15) is 6.04 Å². The maximum absolute atomic E-state index is 12.5. The number of nitrogens with one attached hydrogen (secondary N) is 3. The average Bonchev–Trinajstić information content (AvgIpc) is 3.18. The van der Waals surface area contributed by atoms with Crippen LogP contribution in [0.3, 0.4) is 0 Å². The van der Waals surface area contributed by atoms with Crippen molar-refractivity contribution in [3.8, 4) is 0 Å². The molecule has 8 nitrogen and oxygen atoms in total. The Kier molecular flexibility index (Phi) is 6.03. The minimum absolute atomic E-state index is 0.357. The van der Waals surface area contributed by atoms with Gasteiger partial charge in [-0.1, -0.05) is 24.3 Å². The lowest BCUT2D eigenvalue weighted by Gasteiger charge is -2.18. The molecular weight excluding hydrogens is 358 g/mol. The van der Waals surface area contributed by atoms with Gasteiger partial charge >= 0.3 is 0 Å². The maximum atomic E-state index is 12.5. The molecule has 0 saturated carbocycles. The number of aliphatic hydroxyl groups is 1. The first-order chi connectivity index (χ1) is 13.5. The molecule has 0 unspecified atom stereocenters. The summed E-state index contributed by atoms with van der Waals surface area (Å²) in [4.78, 5) is 31.7. The Morgan fingerprint density at radius 2 is 2.04 bits per heavy atom. The number of carbonyl (C=O) groups excluding carboxylic acids is 2. The van der Waals surface area contributed by atoms with Crippen molar-refractivity contribution in [2.75, 3.05) is 11.9 Å². The van der Waals surface area contributed by atoms with E-state index in [4.69, 9.17) is 0 Å². The third-order valence-electron chi connectivity index (χ3n) is 4.54. The van der Waals surface area contributed by atoms with Crippen molar-refractivity contribution < 1.29 is 20.4 Å². The van der Waals surface area contributed by atoms with Crippen molar-refractivity contribution >= 4 is 28.3 Å². The first kappa shape index (κ1) is 19.5. The molecule has 0 fully saturated rings. The quantitative estimate of drug-likeness (QED) is 0.397. The molecule has 0 saturated heterocycles. The van der Waals surface area contributed by atoms with E-state index in [-0.39, 0.29) is 0 Å². The molecule has 3 rings (SSSR count). The van der Waals surface area contributed by atoms with Crippen LogP contribution in [0.5, 0.6) is 0 Å². The highest BCUT2D eigenvalue weighted by Gasteiger charge is 2.25. The van der Waals surface area contributed by atoms with Crippen LogP contribution in [0.4, 0.5) is 5.69 Å². The summed E-state index contributed by atoms with van der Waals surface area (Å²) >= 11 is 0. The molecule has 7 N–H and O–H groups in total. The fourth-order valence-electron chi connectivity index (χ4n) is 3.04. The van der Waals surface area contributed by atoms with Crippen LogP contribution < -0.4 is 16.4 Å². The van der Waals surface area contributed by atoms with Gasteiger partial charge in [-0.15, -0.1) is 0 Å². The zero-order valence-corrected chi connectivity index (χ0v) is 15.6. The number of fused-ring (bicyclic) bond motifs is 1. The Hall–Kier alpha value is -3.23. The topological polar surface area (TPSA) is 135 Å². The number of benzene rings is 2. The standard InChI is InChI=1S/C20H23N5O3/c1-12-6-14(7-13-4-2-3-5-16(12)13)24-20(28)18(10-26)25-19(27)17(21)8-15-9-22-11-23-15/h2-7,9,11,17-18,26H,8,10,21H2,1H3,(H,22,23)(H,24,28)(H,25,27)/p+1/t17-,18-/m0/s1. The summed E-state index contributed by atoms with van der Waals surface area (Å²) < 4.78 is 0. The molecule has 1 aromatic heterocycles. The van der Waals surface area contributed by atoms with E-state index in [9.17, 15) is 14.7 Å². The van der Waals surface area contributed by atoms with Crippen molar-refractivity contribution in [3.63, 3.8) is 0 Å². The molecule has 0 aliphatic carbocycles. The molecule has 2 atom stereocenters. The van der Waals surface area contributed by atoms with E-state index in [0.29, 0.717) is 12.1 Å². The van der Waals surface area contributed by atoms with E-state index in [0.717, 1.165) is 22.0 Å². The molecule has 8 heteroatoms. The van der Waals surface area contributed by atoms with E-state index in [2.05, 4.69) is 26.3 Å². The van der Waals surface area contributed by atoms with Crippen LogP contribution in [0.25, 0.3) is 10.8 Å². The van der Waals surface area contributed by atoms with Crippen molar-refractivity contribution in [2.24, 2.45) is 0 Å². The van der Waals surface area contributed by atoms with Gasteiger partial charge in [-0.05, 0) is 35.4 Å². The minimum atomic E-state index is -1.06. The fraction of sp³-hybridized carbons (Fsp3) is 0.250. The second-order valence-electron chi connectivity index (χ2n) is 6.73. The SMILES string of the molecule is Cc1cc(NC(=O)[C@H](CO)NC(=O)[C@@H]([NH3+])Cc2cnc[nH]2)cc2ccccc12. The lowest BCUT2D eigenvalue weighted by atomic mass is 10.0. The zero-order chi connectivity index (χ0) is 20.1. The number of imidazole rings is 1. The first-order valence-corrected chi connectivity index (χ1v) is 8.99. The van der Waals surface area contributed by atoms with Crippen LogP contribution in [-0.4, -0.2) is 45.6 Å². The van der Waals surface area contributed by atoms with Crippen LogP contribution in [0.15, 0.2) is 48.9 Å². The molecule has 2 amide bonds. The van der Waals surface area contributed by atoms with Crippen molar-refractivity contribution in [1.82, 2.24) is 15.3 Å². The van der Waals surface area contributed by atoms with Gasteiger partial charge in [-0.2, -0.15) is 0 Å². The number of hydrogen-bond donors (Lipinski definition) is 5. The number of aliphatic hydroxyl groups excluding tert-OH is 1. The summed E-state index contributed by atoms with van der Waals surface area (Å²) in [5.41, 5.74) is 6.22. The van der Waals surface area contributed by atoms with E-state index in [1.807, 2.05) is 43.3 Å². The van der Waals surface area contributed by atoms with Gasteiger partial charge in [0.2, 0.25) is 5.91 Å². The number of carbonyl (C=O) groups is 2. The Bertz CT molecular complexity index is 971. The van der Waals surface area contributed by atoms with E-state index in [1.54, 1.807) is 6.20 Å². The number of H-pyrrole nitrogens is 1. The van der Waals surface area contributed by atoms with Crippen molar-refractivity contribution in [2.45, 2.75) is 25.4 Å². The number of nitrogens with zero attached hydrogens (tertiary/aromatic N) is 1. The third-order valence-corrected chi connectivity index (χ3v) is 4.54. The summed E-state index contributed by atoms with van der Waals surface area (Å²) in [6.45, 7) is 1.45. The van der Waals surface area contributed by atoms with Crippen LogP contribution in [-0.2, 0) is 16.0 Å². The molecule has 3 aromatic rings. The summed E-state index contributed by atoms with van der Waals surface area (Å²) in [5, 5.41) is 17.0. The molecule has 0 radical (unpaired) electrons. The largest absolute Gasteiger partial charge is 0.394 e. The Balaban J connectivity index is 1.65. The van der Waals surface area contributed by atoms with Gasteiger partial charge in [-0.3, -0.25) is 9.59 Å². The summed E-state index contributed by atoms with van der Waals surface area (Å²) in [6, 6.07) is 9.91. The van der Waals surface area contributed by atoms with Crippen LogP contribution in [0.2, 0.25) is 0 Å². The fourth-order valence-corrected chi connectivity index (χ4v) is 3.04. The van der Waals surface area contributed by atoms with Gasteiger partial charge in [0, 0.05) is 17.6 Å². The first-order valence-electron chi connectivity index (χ1n) is 8.99. The molecule has 28 heavy (non-hydrogen) atoms. The monoisotopic (exact) mass is 382 g/mol. The van der Waals surface area contributed by atoms with Gasteiger partial charge in [-0.25, -0.2) is 4.98 Å². The lowest BCUT2D eigenvalue weighted by molar-refractivity contribution is -0.403. The van der Waals surface area contributed by atoms with Gasteiger partial charge < -0.3 is 26.5 Å². The maximum Gasteiger partial charge on any atom is 0.279 e. The number of rotatable bonds is 7. The molecule has 0 spiro atoms. The second-order valence-corrected chi connectivity index (χ2v) is 6.73. The molecule has 0 aliphatic heterocycles. The third kappa shape index (κ3) is 4.54. The van der Waals surface area contributed by atoms with Gasteiger partial charge in [0.15, 0.2) is 6.04 Å². The van der Waals surface area contributed by atoms with Crippen molar-refractivity contribution in [1.29, 1.82) is 0 Å². The van der Waals surface area contributed by atoms with Crippen LogP contribution in [0.1, 0.15) is 11.3 Å². The van der Waals surface area contributed by atoms with E-state index < -0.39 is 30.5 Å². The van der Waals surface area contributed by atoms with Crippen LogP contribution >= 0.6 is 0 Å². The predicted octanol–water partition coefficient (Wildman–Crippen LogP) is 0.140. The smallest absolute Gasteiger partial charge is 0.279 e. The average molecular weight is 382 g/mol. The molecule has 0 aliphatic rings. The summed E-state index contributed by atoms with van der Waals surface area (Å²) in [7, 11) is 0. The molecule has 1 heterocycles. The number of aromatic nitrogens is 2. The summed E-state index contributed by atoms with van der Waals surface area (Å²) in [5.74, 6) is -0.905. The number of aryl methyl sites for hydroxylation is 1. The van der Waals surface area contributed by atoms with Gasteiger partial charge in [0.05, 0.1) is 19.4 Å². The second kappa shape index (κ2) is 8.64. The van der Waals surface area contributed by atoms with Crippen molar-refractivity contribution in [3.05, 3.63) is 60.2 Å². The Morgan fingerprint density at radius 3 is 2.75 bits per heavy atom. The number of quaternary nitrogens is 1. The highest BCUT2D eigenvalue weighted by atomic mass is 16.3. The number of anilines is 1. The van der Waals surface area contributed by atoms with Crippen LogP contribution in [0, 0.1) is 6.92 Å². The zero-order valence-electron chi connectivity index (χ0n) is 15.6. The van der Waals surface area contributed by atoms with E-state index in [1.165, 1.54) is 6.33 Å². The molecule has 146 valence electrons. The minimum Gasteiger partial charge on any atom is -0.394 e. The highest BCUT2D eigenvalue weighted by molar-refractivity contribution is 6.00. The molecule has 0 bridgehead atoms.